The minimum Gasteiger partial charge on any atom is -0.495 e. The molecule has 1 aliphatic rings. The van der Waals surface area contributed by atoms with Gasteiger partial charge in [0, 0.05) is 44.3 Å². The van der Waals surface area contributed by atoms with Crippen molar-refractivity contribution >= 4 is 29.1 Å². The summed E-state index contributed by atoms with van der Waals surface area (Å²) >= 11 is 6.22. The summed E-state index contributed by atoms with van der Waals surface area (Å²) in [6.45, 7) is 2.06. The maximum absolute atomic E-state index is 13.4. The van der Waals surface area contributed by atoms with E-state index >= 15 is 0 Å². The zero-order valence-corrected chi connectivity index (χ0v) is 18.9. The van der Waals surface area contributed by atoms with Crippen LogP contribution >= 0.6 is 11.6 Å². The average molecular weight is 466 g/mol. The molecule has 2 aromatic carbocycles. The number of benzene rings is 2. The van der Waals surface area contributed by atoms with Gasteiger partial charge in [0.25, 0.3) is 5.91 Å². The van der Waals surface area contributed by atoms with Crippen molar-refractivity contribution in [1.29, 1.82) is 0 Å². The highest BCUT2D eigenvalue weighted by Gasteiger charge is 2.32. The van der Waals surface area contributed by atoms with Crippen molar-refractivity contribution in [3.63, 3.8) is 0 Å². The molecule has 0 bridgehead atoms. The molecule has 4 rings (SSSR count). The maximum atomic E-state index is 13.4. The van der Waals surface area contributed by atoms with Crippen LogP contribution in [-0.4, -0.2) is 64.9 Å². The van der Waals surface area contributed by atoms with E-state index in [4.69, 9.17) is 16.3 Å². The first-order valence-electron chi connectivity index (χ1n) is 10.6. The molecule has 1 aliphatic heterocycles. The summed E-state index contributed by atoms with van der Waals surface area (Å²) in [5, 5.41) is 3.39. The Labute approximate surface area is 197 Å². The number of aromatic nitrogens is 2. The van der Waals surface area contributed by atoms with Gasteiger partial charge in [-0.1, -0.05) is 41.9 Å². The first kappa shape index (κ1) is 22.7. The third kappa shape index (κ3) is 5.30. The fourth-order valence-electron chi connectivity index (χ4n) is 3.87. The molecule has 9 heteroatoms. The number of carbonyl (C=O) groups excluding carboxylic acids is 2. The highest BCUT2D eigenvalue weighted by molar-refractivity contribution is 6.32. The molecule has 2 heterocycles. The number of amides is 2. The Morgan fingerprint density at radius 2 is 1.82 bits per heavy atom. The van der Waals surface area contributed by atoms with Crippen molar-refractivity contribution < 1.29 is 14.3 Å². The molecule has 0 radical (unpaired) electrons. The summed E-state index contributed by atoms with van der Waals surface area (Å²) in [6.07, 6.45) is 4.51. The molecule has 33 heavy (non-hydrogen) atoms. The lowest BCUT2D eigenvalue weighted by molar-refractivity contribution is -0.122. The van der Waals surface area contributed by atoms with Crippen LogP contribution in [0.25, 0.3) is 0 Å². The lowest BCUT2D eigenvalue weighted by Gasteiger charge is -2.38. The monoisotopic (exact) mass is 465 g/mol. The van der Waals surface area contributed by atoms with Crippen molar-refractivity contribution in [2.75, 3.05) is 38.6 Å². The van der Waals surface area contributed by atoms with Gasteiger partial charge in [-0.3, -0.25) is 19.5 Å². The summed E-state index contributed by atoms with van der Waals surface area (Å²) in [5.41, 5.74) is 1.78. The zero-order valence-electron chi connectivity index (χ0n) is 18.1. The van der Waals surface area contributed by atoms with E-state index in [1.807, 2.05) is 30.3 Å². The Morgan fingerprint density at radius 1 is 1.06 bits per heavy atom. The van der Waals surface area contributed by atoms with Gasteiger partial charge >= 0.3 is 0 Å². The molecule has 1 unspecified atom stereocenters. The first-order valence-corrected chi connectivity index (χ1v) is 10.9. The van der Waals surface area contributed by atoms with Crippen molar-refractivity contribution in [2.24, 2.45) is 0 Å². The van der Waals surface area contributed by atoms with Gasteiger partial charge in [-0.25, -0.2) is 4.98 Å². The second kappa shape index (κ2) is 10.4. The fourth-order valence-corrected chi connectivity index (χ4v) is 4.13. The van der Waals surface area contributed by atoms with E-state index in [0.717, 1.165) is 5.56 Å². The Hall–Kier alpha value is -3.49. The maximum Gasteiger partial charge on any atom is 0.274 e. The summed E-state index contributed by atoms with van der Waals surface area (Å²) in [6, 6.07) is 14.2. The molecule has 170 valence electrons. The summed E-state index contributed by atoms with van der Waals surface area (Å²) in [7, 11) is 1.54. The van der Waals surface area contributed by atoms with E-state index in [9.17, 15) is 9.59 Å². The third-order valence-corrected chi connectivity index (χ3v) is 5.83. The number of hydrogen-bond acceptors (Lipinski definition) is 6. The number of rotatable bonds is 6. The number of methoxy groups -OCH3 is 1. The van der Waals surface area contributed by atoms with Crippen LogP contribution in [0.3, 0.4) is 0 Å². The minimum atomic E-state index is -0.513. The number of anilines is 1. The van der Waals surface area contributed by atoms with E-state index in [1.54, 1.807) is 30.2 Å². The van der Waals surface area contributed by atoms with Crippen LogP contribution in [0.1, 0.15) is 22.1 Å². The smallest absolute Gasteiger partial charge is 0.274 e. The van der Waals surface area contributed by atoms with Crippen molar-refractivity contribution in [3.8, 4) is 5.75 Å². The van der Waals surface area contributed by atoms with E-state index < -0.39 is 6.04 Å². The molecular formula is C24H24ClN5O3. The van der Waals surface area contributed by atoms with Gasteiger partial charge < -0.3 is 15.0 Å². The summed E-state index contributed by atoms with van der Waals surface area (Å²) < 4.78 is 5.18. The largest absolute Gasteiger partial charge is 0.495 e. The van der Waals surface area contributed by atoms with Gasteiger partial charge in [-0.15, -0.1) is 0 Å². The van der Waals surface area contributed by atoms with Crippen LogP contribution in [0, 0.1) is 0 Å². The summed E-state index contributed by atoms with van der Waals surface area (Å²) in [4.78, 5) is 38.0. The van der Waals surface area contributed by atoms with Crippen molar-refractivity contribution in [3.05, 3.63) is 83.4 Å². The van der Waals surface area contributed by atoms with E-state index in [1.165, 1.54) is 18.6 Å². The van der Waals surface area contributed by atoms with Crippen molar-refractivity contribution in [1.82, 2.24) is 19.8 Å². The number of hydrogen-bond donors (Lipinski definition) is 1. The molecule has 0 saturated carbocycles. The van der Waals surface area contributed by atoms with E-state index in [-0.39, 0.29) is 11.8 Å². The minimum absolute atomic E-state index is 0.156. The average Bonchev–Trinajstić information content (AvgIpc) is 2.85. The quantitative estimate of drug-likeness (QED) is 0.601. The van der Waals surface area contributed by atoms with Crippen LogP contribution in [0.2, 0.25) is 5.02 Å². The van der Waals surface area contributed by atoms with Gasteiger partial charge in [0.2, 0.25) is 5.91 Å². The molecule has 1 aromatic heterocycles. The van der Waals surface area contributed by atoms with Gasteiger partial charge in [0.05, 0.1) is 18.3 Å². The molecule has 8 nitrogen and oxygen atoms in total. The molecule has 1 N–H and O–H groups in total. The van der Waals surface area contributed by atoms with E-state index in [0.29, 0.717) is 48.3 Å². The topological polar surface area (TPSA) is 87.7 Å². The van der Waals surface area contributed by atoms with Gasteiger partial charge in [-0.05, 0) is 23.8 Å². The first-order chi connectivity index (χ1) is 16.1. The molecule has 3 aromatic rings. The molecule has 2 amide bonds. The predicted molar refractivity (Wildman–Crippen MR) is 125 cm³/mol. The highest BCUT2D eigenvalue weighted by atomic mass is 35.5. The molecule has 1 fully saturated rings. The molecule has 1 atom stereocenters. The van der Waals surface area contributed by atoms with E-state index in [2.05, 4.69) is 20.2 Å². The lowest BCUT2D eigenvalue weighted by atomic mass is 10.0. The highest BCUT2D eigenvalue weighted by Crippen LogP contribution is 2.29. The Kier molecular flexibility index (Phi) is 7.16. The Morgan fingerprint density at radius 3 is 2.45 bits per heavy atom. The molecule has 1 saturated heterocycles. The lowest BCUT2D eigenvalue weighted by Crippen LogP contribution is -2.51. The Bertz CT molecular complexity index is 1110. The van der Waals surface area contributed by atoms with Crippen LogP contribution in [0.4, 0.5) is 5.69 Å². The number of nitrogens with one attached hydrogen (secondary N) is 1. The Balaban J connectivity index is 1.49. The van der Waals surface area contributed by atoms with Gasteiger partial charge in [0.1, 0.15) is 17.5 Å². The van der Waals surface area contributed by atoms with Crippen LogP contribution in [0.5, 0.6) is 5.75 Å². The molecule has 0 aliphatic carbocycles. The summed E-state index contributed by atoms with van der Waals surface area (Å²) in [5.74, 6) is 0.214. The molecule has 0 spiro atoms. The standard InChI is InChI=1S/C24H24ClN5O3/c1-33-21-8-7-18(15-19(21)25)28-23(31)22(17-5-3-2-4-6-17)29-11-13-30(14-12-29)24(32)20-16-26-9-10-27-20/h2-10,15-16,22H,11-14H2,1H3,(H,28,31). The normalized spacial score (nSPS) is 15.0. The second-order valence-electron chi connectivity index (χ2n) is 7.57. The SMILES string of the molecule is COc1ccc(NC(=O)C(c2ccccc2)N2CCN(C(=O)c3cnccn3)CC2)cc1Cl. The third-order valence-electron chi connectivity index (χ3n) is 5.53. The predicted octanol–water partition coefficient (Wildman–Crippen LogP) is 3.28. The number of piperazine rings is 1. The van der Waals surface area contributed by atoms with Crippen LogP contribution < -0.4 is 10.1 Å². The number of halogens is 1. The number of carbonyl (C=O) groups is 2. The van der Waals surface area contributed by atoms with Gasteiger partial charge in [-0.2, -0.15) is 0 Å². The zero-order chi connectivity index (χ0) is 23.2. The van der Waals surface area contributed by atoms with Crippen LogP contribution in [-0.2, 0) is 4.79 Å². The number of nitrogens with zero attached hydrogens (tertiary/aromatic N) is 4. The number of ether oxygens (including phenoxy) is 1. The molecular weight excluding hydrogens is 442 g/mol. The second-order valence-corrected chi connectivity index (χ2v) is 7.98. The fraction of sp³-hybridized carbons (Fsp3) is 0.250. The van der Waals surface area contributed by atoms with Gasteiger partial charge in [0.15, 0.2) is 0 Å². The van der Waals surface area contributed by atoms with Crippen molar-refractivity contribution in [2.45, 2.75) is 6.04 Å². The van der Waals surface area contributed by atoms with Crippen LogP contribution in [0.15, 0.2) is 67.1 Å².